The first kappa shape index (κ1) is 9.83. The fourth-order valence-electron chi connectivity index (χ4n) is 2.94. The molecule has 1 unspecified atom stereocenters. The molecule has 4 heteroatoms. The number of thioether (sulfide) groups is 1. The van der Waals surface area contributed by atoms with Crippen LogP contribution in [0.25, 0.3) is 0 Å². The highest BCUT2D eigenvalue weighted by Gasteiger charge is 2.33. The smallest absolute Gasteiger partial charge is 0.112 e. The van der Waals surface area contributed by atoms with Gasteiger partial charge in [-0.2, -0.15) is 0 Å². The van der Waals surface area contributed by atoms with E-state index in [-0.39, 0.29) is 0 Å². The molecule has 3 heterocycles. The Morgan fingerprint density at radius 2 is 2.41 bits per heavy atom. The highest BCUT2D eigenvalue weighted by atomic mass is 32.2. The molecule has 0 saturated carbocycles. The summed E-state index contributed by atoms with van der Waals surface area (Å²) < 4.78 is 0. The van der Waals surface area contributed by atoms with Crippen molar-refractivity contribution in [1.29, 1.82) is 0 Å². The third kappa shape index (κ3) is 1.47. The third-order valence-electron chi connectivity index (χ3n) is 3.71. The van der Waals surface area contributed by atoms with Gasteiger partial charge in [0.25, 0.3) is 0 Å². The maximum absolute atomic E-state index is 4.58. The number of rotatable bonds is 1. The van der Waals surface area contributed by atoms with Crippen molar-refractivity contribution < 1.29 is 0 Å². The van der Waals surface area contributed by atoms with Crippen LogP contribution in [0.1, 0.15) is 5.56 Å². The Morgan fingerprint density at radius 1 is 1.41 bits per heavy atom. The molecule has 88 valence electrons. The topological polar surface area (TPSA) is 27.6 Å². The van der Waals surface area contributed by atoms with Gasteiger partial charge in [0.05, 0.1) is 17.5 Å². The molecule has 3 nitrogen and oxygen atoms in total. The number of para-hydroxylation sites is 1. The van der Waals surface area contributed by atoms with Crippen molar-refractivity contribution in [2.24, 2.45) is 4.99 Å². The fourth-order valence-corrected chi connectivity index (χ4v) is 4.30. The minimum atomic E-state index is 0.498. The summed E-state index contributed by atoms with van der Waals surface area (Å²) in [5, 5.41) is 3.92. The molecule has 0 amide bonds. The number of hydrogen-bond donors (Lipinski definition) is 1. The number of amidine groups is 1. The number of hydrogen-bond acceptors (Lipinski definition) is 4. The van der Waals surface area contributed by atoms with E-state index in [4.69, 9.17) is 0 Å². The zero-order chi connectivity index (χ0) is 11.2. The average Bonchev–Trinajstić information content (AvgIpc) is 2.99. The minimum Gasteiger partial charge on any atom is -0.371 e. The second kappa shape index (κ2) is 3.67. The maximum atomic E-state index is 4.58. The van der Waals surface area contributed by atoms with Gasteiger partial charge in [0.1, 0.15) is 5.84 Å². The Bertz CT molecular complexity index is 497. The van der Waals surface area contributed by atoms with E-state index in [9.17, 15) is 0 Å². The van der Waals surface area contributed by atoms with Crippen molar-refractivity contribution in [3.8, 4) is 0 Å². The first-order valence-corrected chi connectivity index (χ1v) is 7.11. The molecular formula is C13H15N3S. The van der Waals surface area contributed by atoms with Gasteiger partial charge in [0.2, 0.25) is 0 Å². The molecule has 0 aromatic heterocycles. The molecule has 0 saturated heterocycles. The summed E-state index contributed by atoms with van der Waals surface area (Å²) >= 11 is 1.98. The SMILES string of the molecule is c1cc2c3c(c1)SC(C1=NCCN1)CN3CC2. The molecule has 1 aromatic carbocycles. The van der Waals surface area contributed by atoms with Gasteiger partial charge < -0.3 is 10.2 Å². The van der Waals surface area contributed by atoms with Crippen LogP contribution < -0.4 is 10.2 Å². The standard InChI is InChI=1S/C13H15N3S/c1-2-9-4-7-16-8-11(13-14-5-6-15-13)17-10(3-1)12(9)16/h1-3,11H,4-8H2,(H,14,15). The summed E-state index contributed by atoms with van der Waals surface area (Å²) in [7, 11) is 0. The molecule has 0 bridgehead atoms. The number of aliphatic imine (C=N–C) groups is 1. The van der Waals surface area contributed by atoms with Crippen LogP contribution in [0, 0.1) is 0 Å². The van der Waals surface area contributed by atoms with Crippen molar-refractivity contribution in [3.63, 3.8) is 0 Å². The minimum absolute atomic E-state index is 0.498. The van der Waals surface area contributed by atoms with Crippen molar-refractivity contribution in [3.05, 3.63) is 23.8 Å². The van der Waals surface area contributed by atoms with Crippen LogP contribution in [0.4, 0.5) is 5.69 Å². The van der Waals surface area contributed by atoms with Crippen molar-refractivity contribution in [2.75, 3.05) is 31.1 Å². The lowest BCUT2D eigenvalue weighted by Gasteiger charge is -2.32. The largest absolute Gasteiger partial charge is 0.371 e. The lowest BCUT2D eigenvalue weighted by Crippen LogP contribution is -2.41. The second-order valence-electron chi connectivity index (χ2n) is 4.76. The van der Waals surface area contributed by atoms with Gasteiger partial charge in [-0.15, -0.1) is 11.8 Å². The Labute approximate surface area is 105 Å². The van der Waals surface area contributed by atoms with Crippen molar-refractivity contribution in [2.45, 2.75) is 16.6 Å². The molecule has 0 aliphatic carbocycles. The number of anilines is 1. The van der Waals surface area contributed by atoms with Crippen LogP contribution in [0.2, 0.25) is 0 Å². The van der Waals surface area contributed by atoms with E-state index in [0.29, 0.717) is 5.25 Å². The molecule has 0 fully saturated rings. The van der Waals surface area contributed by atoms with Crippen molar-refractivity contribution >= 4 is 23.3 Å². The van der Waals surface area contributed by atoms with Gasteiger partial charge in [-0.25, -0.2) is 0 Å². The maximum Gasteiger partial charge on any atom is 0.112 e. The van der Waals surface area contributed by atoms with Gasteiger partial charge in [-0.1, -0.05) is 12.1 Å². The number of nitrogens with zero attached hydrogens (tertiary/aromatic N) is 2. The summed E-state index contributed by atoms with van der Waals surface area (Å²) in [6.45, 7) is 4.25. The zero-order valence-electron chi connectivity index (χ0n) is 9.65. The molecule has 1 aromatic rings. The summed E-state index contributed by atoms with van der Waals surface area (Å²) in [5.41, 5.74) is 3.02. The first-order chi connectivity index (χ1) is 8.42. The fraction of sp³-hybridized carbons (Fsp3) is 0.462. The molecule has 0 spiro atoms. The van der Waals surface area contributed by atoms with E-state index in [1.54, 1.807) is 0 Å². The Hall–Kier alpha value is -1.16. The molecular weight excluding hydrogens is 230 g/mol. The lowest BCUT2D eigenvalue weighted by atomic mass is 10.2. The Morgan fingerprint density at radius 3 is 3.29 bits per heavy atom. The van der Waals surface area contributed by atoms with Gasteiger partial charge in [0, 0.05) is 24.5 Å². The average molecular weight is 245 g/mol. The third-order valence-corrected chi connectivity index (χ3v) is 4.95. The van der Waals surface area contributed by atoms with E-state index in [1.807, 2.05) is 11.8 Å². The van der Waals surface area contributed by atoms with Crippen LogP contribution in [-0.4, -0.2) is 37.3 Å². The van der Waals surface area contributed by atoms with Crippen LogP contribution in [0.3, 0.4) is 0 Å². The van der Waals surface area contributed by atoms with Crippen LogP contribution in [0.15, 0.2) is 28.1 Å². The summed E-state index contributed by atoms with van der Waals surface area (Å²) in [5.74, 6) is 1.21. The van der Waals surface area contributed by atoms with Crippen LogP contribution in [-0.2, 0) is 6.42 Å². The quantitative estimate of drug-likeness (QED) is 0.813. The first-order valence-electron chi connectivity index (χ1n) is 6.23. The van der Waals surface area contributed by atoms with Gasteiger partial charge in [-0.3, -0.25) is 4.99 Å². The van der Waals surface area contributed by atoms with E-state index in [2.05, 4.69) is 33.4 Å². The highest BCUT2D eigenvalue weighted by Crippen LogP contribution is 2.44. The normalized spacial score (nSPS) is 25.5. The van der Waals surface area contributed by atoms with E-state index >= 15 is 0 Å². The molecule has 0 radical (unpaired) electrons. The van der Waals surface area contributed by atoms with E-state index < -0.39 is 0 Å². The predicted molar refractivity (Wildman–Crippen MR) is 72.3 cm³/mol. The molecule has 4 rings (SSSR count). The summed E-state index contributed by atoms with van der Waals surface area (Å²) in [6.07, 6.45) is 1.20. The van der Waals surface area contributed by atoms with Crippen LogP contribution >= 0.6 is 11.8 Å². The molecule has 3 aliphatic heterocycles. The summed E-state index contributed by atoms with van der Waals surface area (Å²) in [4.78, 5) is 8.55. The van der Waals surface area contributed by atoms with E-state index in [1.165, 1.54) is 34.9 Å². The summed E-state index contributed by atoms with van der Waals surface area (Å²) in [6, 6.07) is 6.71. The molecule has 3 aliphatic rings. The zero-order valence-corrected chi connectivity index (χ0v) is 10.5. The van der Waals surface area contributed by atoms with Crippen molar-refractivity contribution in [1.82, 2.24) is 5.32 Å². The number of nitrogens with one attached hydrogen (secondary N) is 1. The monoisotopic (exact) mass is 245 g/mol. The van der Waals surface area contributed by atoms with Crippen LogP contribution in [0.5, 0.6) is 0 Å². The highest BCUT2D eigenvalue weighted by molar-refractivity contribution is 8.01. The second-order valence-corrected chi connectivity index (χ2v) is 6.00. The number of benzene rings is 1. The molecule has 1 atom stereocenters. The molecule has 1 N–H and O–H groups in total. The Kier molecular flexibility index (Phi) is 2.12. The Balaban J connectivity index is 1.72. The molecule has 17 heavy (non-hydrogen) atoms. The van der Waals surface area contributed by atoms with Gasteiger partial charge in [-0.05, 0) is 18.1 Å². The lowest BCUT2D eigenvalue weighted by molar-refractivity contribution is 0.822. The van der Waals surface area contributed by atoms with E-state index in [0.717, 1.165) is 19.6 Å². The van der Waals surface area contributed by atoms with Gasteiger partial charge in [0.15, 0.2) is 0 Å². The van der Waals surface area contributed by atoms with Gasteiger partial charge >= 0.3 is 0 Å². The predicted octanol–water partition coefficient (Wildman–Crippen LogP) is 1.53.